The van der Waals surface area contributed by atoms with Crippen LogP contribution in [0.5, 0.6) is 0 Å². The molecule has 0 unspecified atom stereocenters. The first-order chi connectivity index (χ1) is 11.3. The Balaban J connectivity index is 1.68. The van der Waals surface area contributed by atoms with Gasteiger partial charge in [0.15, 0.2) is 5.82 Å². The number of amides is 1. The molecule has 6 nitrogen and oxygen atoms in total. The van der Waals surface area contributed by atoms with E-state index in [4.69, 9.17) is 5.73 Å². The second-order valence-corrected chi connectivity index (χ2v) is 5.33. The van der Waals surface area contributed by atoms with Crippen LogP contribution in [0, 0.1) is 0 Å². The van der Waals surface area contributed by atoms with Gasteiger partial charge in [0, 0.05) is 31.2 Å². The average molecular weight is 309 g/mol. The molecule has 6 heteroatoms. The lowest BCUT2D eigenvalue weighted by Gasteiger charge is -2.12. The van der Waals surface area contributed by atoms with Crippen molar-refractivity contribution in [3.05, 3.63) is 59.7 Å². The zero-order valence-corrected chi connectivity index (χ0v) is 12.7. The van der Waals surface area contributed by atoms with E-state index in [1.54, 1.807) is 12.4 Å². The number of nitrogens with zero attached hydrogens (tertiary/aromatic N) is 2. The van der Waals surface area contributed by atoms with Crippen LogP contribution < -0.4 is 16.4 Å². The van der Waals surface area contributed by atoms with Crippen LogP contribution >= 0.6 is 0 Å². The van der Waals surface area contributed by atoms with Gasteiger partial charge in [-0.15, -0.1) is 0 Å². The van der Waals surface area contributed by atoms with Crippen LogP contribution in [0.2, 0.25) is 0 Å². The van der Waals surface area contributed by atoms with Crippen LogP contribution in [0.4, 0.5) is 5.69 Å². The highest BCUT2D eigenvalue weighted by atomic mass is 16.1. The van der Waals surface area contributed by atoms with Crippen LogP contribution in [0.1, 0.15) is 28.2 Å². The highest BCUT2D eigenvalue weighted by Crippen LogP contribution is 2.16. The number of rotatable bonds is 4. The summed E-state index contributed by atoms with van der Waals surface area (Å²) in [7, 11) is 0. The summed E-state index contributed by atoms with van der Waals surface area (Å²) in [5.41, 5.74) is 8.85. The quantitative estimate of drug-likeness (QED) is 0.797. The molecule has 2 aromatic rings. The molecule has 0 saturated heterocycles. The maximum Gasteiger partial charge on any atom is 0.258 e. The minimum atomic E-state index is -0.226. The monoisotopic (exact) mass is 309 g/mol. The number of anilines is 1. The second-order valence-electron chi connectivity index (χ2n) is 5.33. The molecule has 1 amide bonds. The van der Waals surface area contributed by atoms with E-state index in [0.717, 1.165) is 36.3 Å². The minimum absolute atomic E-state index is 0.226. The molecular weight excluding hydrogens is 290 g/mol. The summed E-state index contributed by atoms with van der Waals surface area (Å²) in [4.78, 5) is 20.8. The third-order valence-electron chi connectivity index (χ3n) is 3.71. The van der Waals surface area contributed by atoms with Gasteiger partial charge in [-0.05, 0) is 36.2 Å². The summed E-state index contributed by atoms with van der Waals surface area (Å²) in [6, 6.07) is 7.43. The molecular formula is C17H19N5O. The molecule has 118 valence electrons. The van der Waals surface area contributed by atoms with Crippen LogP contribution in [0.15, 0.2) is 42.7 Å². The highest BCUT2D eigenvalue weighted by molar-refractivity contribution is 6.03. The van der Waals surface area contributed by atoms with E-state index in [2.05, 4.69) is 26.7 Å². The van der Waals surface area contributed by atoms with Gasteiger partial charge in [0.25, 0.3) is 5.91 Å². The number of hydrogen-bond donors (Lipinski definition) is 3. The molecule has 1 aliphatic heterocycles. The largest absolute Gasteiger partial charge is 0.326 e. The fraction of sp³-hybridized carbons (Fsp3) is 0.235. The summed E-state index contributed by atoms with van der Waals surface area (Å²) in [6.45, 7) is 2.24. The van der Waals surface area contributed by atoms with Gasteiger partial charge >= 0.3 is 0 Å². The lowest BCUT2D eigenvalue weighted by Crippen LogP contribution is -2.21. The van der Waals surface area contributed by atoms with Crippen molar-refractivity contribution in [2.24, 2.45) is 5.73 Å². The molecule has 0 aliphatic carbocycles. The van der Waals surface area contributed by atoms with Crippen molar-refractivity contribution in [3.63, 3.8) is 0 Å². The van der Waals surface area contributed by atoms with Crippen molar-refractivity contribution in [1.82, 2.24) is 15.3 Å². The van der Waals surface area contributed by atoms with Crippen molar-refractivity contribution in [2.45, 2.75) is 13.0 Å². The van der Waals surface area contributed by atoms with Crippen LogP contribution in [0.25, 0.3) is 5.57 Å². The van der Waals surface area contributed by atoms with E-state index in [1.165, 1.54) is 0 Å². The Labute approximate surface area is 134 Å². The predicted molar refractivity (Wildman–Crippen MR) is 89.8 cm³/mol. The number of aromatic nitrogens is 2. The first kappa shape index (κ1) is 15.3. The van der Waals surface area contributed by atoms with Gasteiger partial charge in [0.2, 0.25) is 0 Å². The Bertz CT molecular complexity index is 707. The van der Waals surface area contributed by atoms with E-state index in [1.807, 2.05) is 24.3 Å². The first-order valence-electron chi connectivity index (χ1n) is 7.59. The number of carbonyl (C=O) groups is 1. The van der Waals surface area contributed by atoms with Gasteiger partial charge in [-0.25, -0.2) is 9.97 Å². The Hall–Kier alpha value is -2.57. The van der Waals surface area contributed by atoms with E-state index < -0.39 is 0 Å². The molecule has 3 rings (SSSR count). The van der Waals surface area contributed by atoms with Crippen molar-refractivity contribution in [2.75, 3.05) is 18.4 Å². The molecule has 1 aliphatic rings. The van der Waals surface area contributed by atoms with Crippen molar-refractivity contribution in [1.29, 1.82) is 0 Å². The molecule has 0 atom stereocenters. The van der Waals surface area contributed by atoms with Gasteiger partial charge in [-0.2, -0.15) is 0 Å². The maximum absolute atomic E-state index is 12.2. The van der Waals surface area contributed by atoms with Crippen molar-refractivity contribution in [3.8, 4) is 0 Å². The summed E-state index contributed by atoms with van der Waals surface area (Å²) in [6.07, 6.45) is 6.11. The Morgan fingerprint density at radius 2 is 1.96 bits per heavy atom. The number of nitrogens with two attached hydrogens (primary N) is 1. The summed E-state index contributed by atoms with van der Waals surface area (Å²) in [5.74, 6) is 0.465. The van der Waals surface area contributed by atoms with E-state index in [9.17, 15) is 4.79 Å². The van der Waals surface area contributed by atoms with Crippen LogP contribution in [-0.2, 0) is 6.54 Å². The van der Waals surface area contributed by atoms with Crippen LogP contribution in [-0.4, -0.2) is 29.0 Å². The molecule has 2 heterocycles. The van der Waals surface area contributed by atoms with E-state index >= 15 is 0 Å². The average Bonchev–Trinajstić information content (AvgIpc) is 2.63. The topological polar surface area (TPSA) is 92.9 Å². The lowest BCUT2D eigenvalue weighted by molar-refractivity contribution is 0.102. The second kappa shape index (κ2) is 7.13. The third kappa shape index (κ3) is 3.80. The number of hydrogen-bond acceptors (Lipinski definition) is 5. The smallest absolute Gasteiger partial charge is 0.258 e. The van der Waals surface area contributed by atoms with Gasteiger partial charge in [0.05, 0.1) is 5.56 Å². The third-order valence-corrected chi connectivity index (χ3v) is 3.71. The zero-order chi connectivity index (χ0) is 16.1. The van der Waals surface area contributed by atoms with Crippen molar-refractivity contribution >= 4 is 17.2 Å². The molecule has 0 fully saturated rings. The fourth-order valence-electron chi connectivity index (χ4n) is 2.36. The molecule has 0 saturated carbocycles. The molecule has 0 spiro atoms. The highest BCUT2D eigenvalue weighted by Gasteiger charge is 2.11. The van der Waals surface area contributed by atoms with Gasteiger partial charge < -0.3 is 16.4 Å². The normalized spacial score (nSPS) is 14.2. The Kier molecular flexibility index (Phi) is 4.75. The molecule has 4 N–H and O–H groups in total. The summed E-state index contributed by atoms with van der Waals surface area (Å²) in [5, 5.41) is 6.07. The Morgan fingerprint density at radius 1 is 1.22 bits per heavy atom. The number of carbonyl (C=O) groups excluding carboxylic acids is 1. The van der Waals surface area contributed by atoms with Gasteiger partial charge in [0.1, 0.15) is 0 Å². The first-order valence-corrected chi connectivity index (χ1v) is 7.59. The van der Waals surface area contributed by atoms with Gasteiger partial charge in [-0.1, -0.05) is 18.2 Å². The number of benzene rings is 1. The molecule has 1 aromatic carbocycles. The Morgan fingerprint density at radius 3 is 2.57 bits per heavy atom. The van der Waals surface area contributed by atoms with E-state index in [0.29, 0.717) is 17.9 Å². The number of nitrogens with one attached hydrogen (secondary N) is 2. The van der Waals surface area contributed by atoms with Crippen LogP contribution in [0.3, 0.4) is 0 Å². The molecule has 0 bridgehead atoms. The summed E-state index contributed by atoms with van der Waals surface area (Å²) >= 11 is 0. The molecule has 23 heavy (non-hydrogen) atoms. The SMILES string of the molecule is NCc1ccc(NC(=O)c2cnc(C3=CCNCC3)nc2)cc1. The molecule has 0 radical (unpaired) electrons. The van der Waals surface area contributed by atoms with E-state index in [-0.39, 0.29) is 5.91 Å². The zero-order valence-electron chi connectivity index (χ0n) is 12.7. The van der Waals surface area contributed by atoms with Crippen molar-refractivity contribution < 1.29 is 4.79 Å². The fourth-order valence-corrected chi connectivity index (χ4v) is 2.36. The van der Waals surface area contributed by atoms with Gasteiger partial charge in [-0.3, -0.25) is 4.79 Å². The lowest BCUT2D eigenvalue weighted by atomic mass is 10.1. The minimum Gasteiger partial charge on any atom is -0.326 e. The predicted octanol–water partition coefficient (Wildman–Crippen LogP) is 1.56. The maximum atomic E-state index is 12.2. The summed E-state index contributed by atoms with van der Waals surface area (Å²) < 4.78 is 0. The molecule has 1 aromatic heterocycles. The standard InChI is InChI=1S/C17H19N5O/c18-9-12-1-3-15(4-2-12)22-17(23)14-10-20-16(21-11-14)13-5-7-19-8-6-13/h1-5,10-11,19H,6-9,18H2,(H,22,23).